The van der Waals surface area contributed by atoms with Gasteiger partial charge >= 0.3 is 0 Å². The van der Waals surface area contributed by atoms with Crippen molar-refractivity contribution in [2.45, 2.75) is 32.0 Å². The Bertz CT molecular complexity index is 1570. The molecular weight excluding hydrogens is 515 g/mol. The van der Waals surface area contributed by atoms with E-state index in [0.29, 0.717) is 29.8 Å². The van der Waals surface area contributed by atoms with Crippen LogP contribution in [0.25, 0.3) is 11.1 Å². The summed E-state index contributed by atoms with van der Waals surface area (Å²) in [5.74, 6) is -1.32. The fraction of sp³-hybridized carbons (Fsp3) is 0.188. The minimum absolute atomic E-state index is 0.154. The molecule has 0 bridgehead atoms. The van der Waals surface area contributed by atoms with Crippen LogP contribution in [0, 0.1) is 17.5 Å². The predicted octanol–water partition coefficient (Wildman–Crippen LogP) is 6.34. The first-order valence-corrected chi connectivity index (χ1v) is 12.9. The van der Waals surface area contributed by atoms with E-state index in [1.165, 1.54) is 48.5 Å². The number of amides is 1. The summed E-state index contributed by atoms with van der Waals surface area (Å²) in [5, 5.41) is 13.5. The lowest BCUT2D eigenvalue weighted by Crippen LogP contribution is -2.34. The summed E-state index contributed by atoms with van der Waals surface area (Å²) in [4.78, 5) is 19.7. The average molecular weight is 544 g/mol. The monoisotopic (exact) mass is 543 g/mol. The molecule has 0 heterocycles. The Labute approximate surface area is 230 Å². The number of aliphatic imine (C=N–C) groups is 1. The summed E-state index contributed by atoms with van der Waals surface area (Å²) in [6.45, 7) is 2.41. The topological polar surface area (TPSA) is 64.9 Å². The van der Waals surface area contributed by atoms with Gasteiger partial charge in [-0.1, -0.05) is 36.4 Å². The Morgan fingerprint density at radius 1 is 0.925 bits per heavy atom. The number of nitrogens with one attached hydrogen (secondary N) is 1. The van der Waals surface area contributed by atoms with E-state index in [1.807, 2.05) is 37.1 Å². The highest BCUT2D eigenvalue weighted by molar-refractivity contribution is 5.95. The Hall–Kier alpha value is -4.43. The van der Waals surface area contributed by atoms with Crippen LogP contribution in [0.1, 0.15) is 40.0 Å². The highest BCUT2D eigenvalue weighted by Gasteiger charge is 2.33. The van der Waals surface area contributed by atoms with E-state index in [2.05, 4.69) is 5.32 Å². The van der Waals surface area contributed by atoms with Crippen molar-refractivity contribution in [2.24, 2.45) is 4.99 Å². The molecule has 0 saturated carbocycles. The van der Waals surface area contributed by atoms with Crippen LogP contribution in [0.15, 0.2) is 89.9 Å². The van der Waals surface area contributed by atoms with Gasteiger partial charge in [-0.2, -0.15) is 0 Å². The maximum Gasteiger partial charge on any atom is 0.254 e. The number of fused-ring (bicyclic) bond motifs is 1. The molecule has 40 heavy (non-hydrogen) atoms. The number of carbonyl (C=O) groups is 1. The maximum atomic E-state index is 15.0. The fourth-order valence-corrected chi connectivity index (χ4v) is 4.84. The first-order chi connectivity index (χ1) is 19.2. The number of carbonyl (C=O) groups excluding carboxylic acids is 1. The van der Waals surface area contributed by atoms with Crippen molar-refractivity contribution in [1.29, 1.82) is 0 Å². The van der Waals surface area contributed by atoms with Crippen LogP contribution in [0.5, 0.6) is 0 Å². The Morgan fingerprint density at radius 2 is 1.57 bits per heavy atom. The minimum atomic E-state index is -0.873. The van der Waals surface area contributed by atoms with Gasteiger partial charge in [-0.3, -0.25) is 4.79 Å². The van der Waals surface area contributed by atoms with E-state index >= 15 is 0 Å². The standard InChI is InChI=1S/C32H28F3N3O2/c1-19(38(2)18-20-3-9-24(33)10-4-20)36-26-13-7-23-16-30(39)31(28(23)17-26)37-32(40)27-14-8-22(15-29(27)35)21-5-11-25(34)12-6-21/h3-15,17,30-31,39H,16,18H2,1-2H3,(H,37,40)/b36-19+/t30-,31-/m1/s1. The molecule has 4 aromatic rings. The van der Waals surface area contributed by atoms with Gasteiger partial charge in [0, 0.05) is 20.0 Å². The van der Waals surface area contributed by atoms with Crippen LogP contribution in [0.4, 0.5) is 18.9 Å². The first-order valence-electron chi connectivity index (χ1n) is 12.9. The summed E-state index contributed by atoms with van der Waals surface area (Å²) in [7, 11) is 1.89. The second-order valence-corrected chi connectivity index (χ2v) is 9.95. The number of aliphatic hydroxyl groups excluding tert-OH is 1. The quantitative estimate of drug-likeness (QED) is 0.220. The molecule has 0 saturated heterocycles. The van der Waals surface area contributed by atoms with Crippen LogP contribution in [0.2, 0.25) is 0 Å². The van der Waals surface area contributed by atoms with Crippen LogP contribution < -0.4 is 5.32 Å². The molecule has 204 valence electrons. The first kappa shape index (κ1) is 27.1. The molecule has 0 aliphatic heterocycles. The average Bonchev–Trinajstić information content (AvgIpc) is 3.24. The normalized spacial score (nSPS) is 16.5. The van der Waals surface area contributed by atoms with Crippen molar-refractivity contribution in [2.75, 3.05) is 7.05 Å². The third kappa shape index (κ3) is 5.92. The summed E-state index contributed by atoms with van der Waals surface area (Å²) in [5.41, 5.74) is 4.17. The Kier molecular flexibility index (Phi) is 7.71. The molecule has 1 amide bonds. The summed E-state index contributed by atoms with van der Waals surface area (Å²) >= 11 is 0. The van der Waals surface area contributed by atoms with Crippen LogP contribution in [-0.4, -0.2) is 34.9 Å². The van der Waals surface area contributed by atoms with Gasteiger partial charge < -0.3 is 15.3 Å². The number of amidine groups is 1. The molecule has 5 nitrogen and oxygen atoms in total. The number of benzene rings is 4. The second-order valence-electron chi connectivity index (χ2n) is 9.95. The molecule has 0 spiro atoms. The molecule has 0 aromatic heterocycles. The number of nitrogens with zero attached hydrogens (tertiary/aromatic N) is 2. The lowest BCUT2D eigenvalue weighted by Gasteiger charge is -2.20. The minimum Gasteiger partial charge on any atom is -0.390 e. The van der Waals surface area contributed by atoms with E-state index in [9.17, 15) is 23.1 Å². The number of hydrogen-bond donors (Lipinski definition) is 2. The summed E-state index contributed by atoms with van der Waals surface area (Å²) < 4.78 is 41.4. The summed E-state index contributed by atoms with van der Waals surface area (Å²) in [6, 6.07) is 21.0. The van der Waals surface area contributed by atoms with Crippen molar-refractivity contribution < 1.29 is 23.1 Å². The van der Waals surface area contributed by atoms with Gasteiger partial charge in [-0.15, -0.1) is 0 Å². The van der Waals surface area contributed by atoms with Gasteiger partial charge in [0.25, 0.3) is 5.91 Å². The van der Waals surface area contributed by atoms with Crippen molar-refractivity contribution in [3.63, 3.8) is 0 Å². The zero-order chi connectivity index (χ0) is 28.4. The number of halogens is 3. The summed E-state index contributed by atoms with van der Waals surface area (Å²) in [6.07, 6.45) is -0.526. The van der Waals surface area contributed by atoms with Crippen LogP contribution in [0.3, 0.4) is 0 Å². The maximum absolute atomic E-state index is 15.0. The number of aliphatic hydroxyl groups is 1. The second kappa shape index (κ2) is 11.4. The van der Waals surface area contributed by atoms with Gasteiger partial charge in [0.15, 0.2) is 0 Å². The van der Waals surface area contributed by atoms with E-state index in [4.69, 9.17) is 4.99 Å². The molecule has 0 radical (unpaired) electrons. The molecule has 4 aromatic carbocycles. The highest BCUT2D eigenvalue weighted by atomic mass is 19.1. The molecule has 1 aliphatic rings. The number of rotatable bonds is 6. The van der Waals surface area contributed by atoms with Crippen molar-refractivity contribution in [1.82, 2.24) is 10.2 Å². The van der Waals surface area contributed by atoms with Crippen LogP contribution in [-0.2, 0) is 13.0 Å². The van der Waals surface area contributed by atoms with Gasteiger partial charge in [-0.25, -0.2) is 18.2 Å². The fourth-order valence-electron chi connectivity index (χ4n) is 4.84. The van der Waals surface area contributed by atoms with Gasteiger partial charge in [0.05, 0.1) is 23.4 Å². The third-order valence-electron chi connectivity index (χ3n) is 7.13. The molecule has 0 unspecified atom stereocenters. The van der Waals surface area contributed by atoms with E-state index in [1.54, 1.807) is 18.2 Å². The molecule has 2 N–H and O–H groups in total. The van der Waals surface area contributed by atoms with Crippen LogP contribution >= 0.6 is 0 Å². The molecule has 0 fully saturated rings. The molecule has 8 heteroatoms. The lowest BCUT2D eigenvalue weighted by molar-refractivity contribution is 0.0854. The predicted molar refractivity (Wildman–Crippen MR) is 149 cm³/mol. The zero-order valence-electron chi connectivity index (χ0n) is 22.0. The molecule has 2 atom stereocenters. The molecule has 1 aliphatic carbocycles. The number of hydrogen-bond acceptors (Lipinski definition) is 3. The largest absolute Gasteiger partial charge is 0.390 e. The van der Waals surface area contributed by atoms with Crippen molar-refractivity contribution in [3.8, 4) is 11.1 Å². The van der Waals surface area contributed by atoms with Gasteiger partial charge in [0.1, 0.15) is 23.3 Å². The molecule has 5 rings (SSSR count). The van der Waals surface area contributed by atoms with Gasteiger partial charge in [-0.05, 0) is 83.3 Å². The van der Waals surface area contributed by atoms with Crippen molar-refractivity contribution >= 4 is 17.4 Å². The third-order valence-corrected chi connectivity index (χ3v) is 7.13. The Balaban J connectivity index is 1.32. The SMILES string of the molecule is C/C(=N\c1ccc2c(c1)[C@@H](NC(=O)c1ccc(-c3ccc(F)cc3)cc1F)[C@H](O)C2)N(C)Cc1ccc(F)cc1. The van der Waals surface area contributed by atoms with Crippen molar-refractivity contribution in [3.05, 3.63) is 125 Å². The Morgan fingerprint density at radius 3 is 2.25 bits per heavy atom. The van der Waals surface area contributed by atoms with Gasteiger partial charge in [0.2, 0.25) is 0 Å². The van der Waals surface area contributed by atoms with E-state index in [-0.39, 0.29) is 11.4 Å². The van der Waals surface area contributed by atoms with E-state index < -0.39 is 29.7 Å². The lowest BCUT2D eigenvalue weighted by atomic mass is 10.0. The smallest absolute Gasteiger partial charge is 0.254 e. The molecular formula is C32H28F3N3O2. The highest BCUT2D eigenvalue weighted by Crippen LogP contribution is 2.35. The van der Waals surface area contributed by atoms with E-state index in [0.717, 1.165) is 22.5 Å². The zero-order valence-corrected chi connectivity index (χ0v) is 22.0.